The van der Waals surface area contributed by atoms with E-state index in [0.717, 1.165) is 43.5 Å². The van der Waals surface area contributed by atoms with Crippen molar-refractivity contribution in [1.82, 2.24) is 5.32 Å². The van der Waals surface area contributed by atoms with E-state index in [0.29, 0.717) is 0 Å². The molecule has 1 aromatic carbocycles. The topological polar surface area (TPSA) is 30.5 Å². The van der Waals surface area contributed by atoms with E-state index in [1.807, 2.05) is 12.1 Å². The van der Waals surface area contributed by atoms with Crippen molar-refractivity contribution in [2.75, 3.05) is 20.3 Å². The van der Waals surface area contributed by atoms with Crippen LogP contribution in [0, 0.1) is 5.92 Å². The first-order valence-electron chi connectivity index (χ1n) is 7.84. The van der Waals surface area contributed by atoms with Crippen LogP contribution < -0.4 is 14.8 Å². The van der Waals surface area contributed by atoms with Gasteiger partial charge >= 0.3 is 0 Å². The fourth-order valence-corrected chi connectivity index (χ4v) is 2.73. The maximum absolute atomic E-state index is 6.07. The van der Waals surface area contributed by atoms with Gasteiger partial charge in [-0.3, -0.25) is 0 Å². The lowest BCUT2D eigenvalue weighted by atomic mass is 10.1. The molecule has 0 spiro atoms. The molecule has 0 saturated heterocycles. The average molecular weight is 277 g/mol. The van der Waals surface area contributed by atoms with E-state index >= 15 is 0 Å². The molecule has 1 aliphatic carbocycles. The predicted octanol–water partition coefficient (Wildman–Crippen LogP) is 3.76. The zero-order chi connectivity index (χ0) is 14.2. The number of rotatable bonds is 8. The van der Waals surface area contributed by atoms with Crippen LogP contribution in [-0.2, 0) is 6.54 Å². The molecule has 0 bridgehead atoms. The summed E-state index contributed by atoms with van der Waals surface area (Å²) in [5, 5.41) is 3.44. The van der Waals surface area contributed by atoms with E-state index in [1.54, 1.807) is 7.11 Å². The highest BCUT2D eigenvalue weighted by Gasteiger charge is 2.16. The van der Waals surface area contributed by atoms with Gasteiger partial charge < -0.3 is 14.8 Å². The summed E-state index contributed by atoms with van der Waals surface area (Å²) < 4.78 is 11.4. The highest BCUT2D eigenvalue weighted by atomic mass is 16.5. The number of nitrogens with one attached hydrogen (secondary N) is 1. The van der Waals surface area contributed by atoms with Crippen molar-refractivity contribution < 1.29 is 9.47 Å². The second-order valence-electron chi connectivity index (χ2n) is 5.61. The lowest BCUT2D eigenvalue weighted by Crippen LogP contribution is -2.16. The Balaban J connectivity index is 1.97. The molecule has 0 atom stereocenters. The summed E-state index contributed by atoms with van der Waals surface area (Å²) in [6.07, 6.45) is 6.49. The second-order valence-corrected chi connectivity index (χ2v) is 5.61. The molecule has 1 N–H and O–H groups in total. The Labute approximate surface area is 122 Å². The summed E-state index contributed by atoms with van der Waals surface area (Å²) in [7, 11) is 1.70. The lowest BCUT2D eigenvalue weighted by Gasteiger charge is -2.16. The molecule has 20 heavy (non-hydrogen) atoms. The second kappa shape index (κ2) is 8.15. The number of benzene rings is 1. The minimum Gasteiger partial charge on any atom is -0.497 e. The Morgan fingerprint density at radius 1 is 1.25 bits per heavy atom. The van der Waals surface area contributed by atoms with Gasteiger partial charge in [0.15, 0.2) is 0 Å². The highest BCUT2D eigenvalue weighted by molar-refractivity contribution is 5.40. The molecule has 1 aliphatic rings. The van der Waals surface area contributed by atoms with Crippen LogP contribution in [0.3, 0.4) is 0 Å². The fourth-order valence-electron chi connectivity index (χ4n) is 2.73. The molecule has 0 heterocycles. The quantitative estimate of drug-likeness (QED) is 0.734. The zero-order valence-electron chi connectivity index (χ0n) is 12.8. The van der Waals surface area contributed by atoms with Crippen molar-refractivity contribution in [1.29, 1.82) is 0 Å². The fraction of sp³-hybridized carbons (Fsp3) is 0.647. The van der Waals surface area contributed by atoms with Gasteiger partial charge in [-0.1, -0.05) is 25.8 Å². The van der Waals surface area contributed by atoms with Crippen molar-refractivity contribution in [2.45, 2.75) is 45.6 Å². The molecule has 1 saturated carbocycles. The van der Waals surface area contributed by atoms with Crippen LogP contribution in [0.1, 0.15) is 44.6 Å². The van der Waals surface area contributed by atoms with Gasteiger partial charge in [-0.25, -0.2) is 0 Å². The summed E-state index contributed by atoms with van der Waals surface area (Å²) in [5.74, 6) is 2.57. The van der Waals surface area contributed by atoms with Gasteiger partial charge in [0.1, 0.15) is 11.5 Å². The van der Waals surface area contributed by atoms with Crippen LogP contribution in [0.5, 0.6) is 11.5 Å². The van der Waals surface area contributed by atoms with E-state index in [-0.39, 0.29) is 0 Å². The van der Waals surface area contributed by atoms with Gasteiger partial charge in [0.2, 0.25) is 0 Å². The van der Waals surface area contributed by atoms with Gasteiger partial charge in [0.25, 0.3) is 0 Å². The first-order chi connectivity index (χ1) is 9.83. The van der Waals surface area contributed by atoms with Gasteiger partial charge in [-0.2, -0.15) is 0 Å². The minimum absolute atomic E-state index is 0.734. The van der Waals surface area contributed by atoms with E-state index in [1.165, 1.54) is 31.2 Å². The third-order valence-corrected chi connectivity index (χ3v) is 3.97. The molecule has 1 fully saturated rings. The van der Waals surface area contributed by atoms with Gasteiger partial charge in [0.05, 0.1) is 13.7 Å². The Bertz CT molecular complexity index is 400. The molecular formula is C17H27NO2. The minimum atomic E-state index is 0.734. The van der Waals surface area contributed by atoms with E-state index in [4.69, 9.17) is 9.47 Å². The monoisotopic (exact) mass is 277 g/mol. The molecule has 0 unspecified atom stereocenters. The Morgan fingerprint density at radius 2 is 2.05 bits per heavy atom. The molecule has 0 aromatic heterocycles. The third-order valence-electron chi connectivity index (χ3n) is 3.97. The van der Waals surface area contributed by atoms with E-state index in [2.05, 4.69) is 18.3 Å². The summed E-state index contributed by atoms with van der Waals surface area (Å²) >= 11 is 0. The smallest absolute Gasteiger partial charge is 0.127 e. The Kier molecular flexibility index (Phi) is 6.19. The normalized spacial score (nSPS) is 15.5. The van der Waals surface area contributed by atoms with Crippen molar-refractivity contribution in [2.24, 2.45) is 5.92 Å². The van der Waals surface area contributed by atoms with Crippen molar-refractivity contribution in [3.63, 3.8) is 0 Å². The van der Waals surface area contributed by atoms with E-state index in [9.17, 15) is 0 Å². The number of hydrogen-bond acceptors (Lipinski definition) is 3. The summed E-state index contributed by atoms with van der Waals surface area (Å²) in [6.45, 7) is 4.92. The molecule has 0 aliphatic heterocycles. The average Bonchev–Trinajstić information content (AvgIpc) is 2.99. The summed E-state index contributed by atoms with van der Waals surface area (Å²) in [5.41, 5.74) is 1.22. The Hall–Kier alpha value is -1.22. The summed E-state index contributed by atoms with van der Waals surface area (Å²) in [6, 6.07) is 6.12. The predicted molar refractivity (Wildman–Crippen MR) is 82.4 cm³/mol. The molecule has 3 heteroatoms. The first kappa shape index (κ1) is 15.2. The van der Waals surface area contributed by atoms with E-state index < -0.39 is 0 Å². The maximum atomic E-state index is 6.07. The standard InChI is InChI=1S/C17H27NO2/c1-3-10-18-12-15-8-9-16(19-2)11-17(15)20-13-14-6-4-5-7-14/h8-9,11,14,18H,3-7,10,12-13H2,1-2H3. The Morgan fingerprint density at radius 3 is 2.75 bits per heavy atom. The maximum Gasteiger partial charge on any atom is 0.127 e. The van der Waals surface area contributed by atoms with Crippen molar-refractivity contribution >= 4 is 0 Å². The van der Waals surface area contributed by atoms with Gasteiger partial charge in [0, 0.05) is 18.2 Å². The van der Waals surface area contributed by atoms with Crippen LogP contribution in [-0.4, -0.2) is 20.3 Å². The lowest BCUT2D eigenvalue weighted by molar-refractivity contribution is 0.248. The number of hydrogen-bond donors (Lipinski definition) is 1. The molecule has 2 rings (SSSR count). The molecule has 112 valence electrons. The van der Waals surface area contributed by atoms with Gasteiger partial charge in [-0.05, 0) is 37.8 Å². The van der Waals surface area contributed by atoms with Crippen LogP contribution in [0.2, 0.25) is 0 Å². The first-order valence-corrected chi connectivity index (χ1v) is 7.84. The van der Waals surface area contributed by atoms with Crippen molar-refractivity contribution in [3.8, 4) is 11.5 Å². The molecule has 0 amide bonds. The number of ether oxygens (including phenoxy) is 2. The van der Waals surface area contributed by atoms with Crippen LogP contribution in [0.15, 0.2) is 18.2 Å². The number of methoxy groups -OCH3 is 1. The third kappa shape index (κ3) is 4.41. The largest absolute Gasteiger partial charge is 0.497 e. The van der Waals surface area contributed by atoms with Gasteiger partial charge in [-0.15, -0.1) is 0 Å². The van der Waals surface area contributed by atoms with Crippen LogP contribution in [0.25, 0.3) is 0 Å². The molecule has 0 radical (unpaired) electrons. The SMILES string of the molecule is CCCNCc1ccc(OC)cc1OCC1CCCC1. The molecular weight excluding hydrogens is 250 g/mol. The van der Waals surface area contributed by atoms with Crippen LogP contribution in [0.4, 0.5) is 0 Å². The van der Waals surface area contributed by atoms with Crippen molar-refractivity contribution in [3.05, 3.63) is 23.8 Å². The molecule has 1 aromatic rings. The van der Waals surface area contributed by atoms with Crippen LogP contribution >= 0.6 is 0 Å². The summed E-state index contributed by atoms with van der Waals surface area (Å²) in [4.78, 5) is 0. The zero-order valence-corrected chi connectivity index (χ0v) is 12.8. The molecule has 3 nitrogen and oxygen atoms in total. The highest BCUT2D eigenvalue weighted by Crippen LogP contribution is 2.29.